The summed E-state index contributed by atoms with van der Waals surface area (Å²) >= 11 is 0. The van der Waals surface area contributed by atoms with E-state index in [0.717, 1.165) is 0 Å². The van der Waals surface area contributed by atoms with E-state index in [1.54, 1.807) is 51.1 Å². The van der Waals surface area contributed by atoms with Gasteiger partial charge in [-0.3, -0.25) is 5.32 Å². The molecule has 7 nitrogen and oxygen atoms in total. The van der Waals surface area contributed by atoms with E-state index < -0.39 is 23.8 Å². The molecule has 1 atom stereocenters. The standard InChI is InChI=1S/C14H19N3O4/c1-14(2,3)21-13(20)17-11(12(18)19)16-10(15)9-7-5-4-6-8-9/h4-8,11H,1-3H3,(H2,15,16)(H,17,20)(H,18,19)/p-1. The molecule has 0 fully saturated rings. The molecule has 0 spiro atoms. The topological polar surface area (TPSA) is 117 Å². The summed E-state index contributed by atoms with van der Waals surface area (Å²) in [5.74, 6) is -1.61. The van der Waals surface area contributed by atoms with Crippen LogP contribution in [0.1, 0.15) is 26.3 Å². The molecule has 7 heteroatoms. The summed E-state index contributed by atoms with van der Waals surface area (Å²) in [4.78, 5) is 26.3. The highest BCUT2D eigenvalue weighted by Crippen LogP contribution is 2.07. The highest BCUT2D eigenvalue weighted by Gasteiger charge is 2.20. The maximum atomic E-state index is 11.6. The molecule has 114 valence electrons. The molecule has 0 aliphatic heterocycles. The number of nitrogens with two attached hydrogens (primary N) is 1. The van der Waals surface area contributed by atoms with Gasteiger partial charge in [0.15, 0.2) is 6.17 Å². The van der Waals surface area contributed by atoms with Gasteiger partial charge in [0, 0.05) is 5.56 Å². The van der Waals surface area contributed by atoms with Crippen molar-refractivity contribution in [1.29, 1.82) is 0 Å². The van der Waals surface area contributed by atoms with Crippen molar-refractivity contribution in [1.82, 2.24) is 5.32 Å². The number of carboxylic acid groups (broad SMARTS) is 1. The molecule has 3 N–H and O–H groups in total. The molecule has 0 heterocycles. The Balaban J connectivity index is 2.84. The summed E-state index contributed by atoms with van der Waals surface area (Å²) in [7, 11) is 0. The Bertz CT molecular complexity index is 535. The van der Waals surface area contributed by atoms with Gasteiger partial charge in [0.05, 0.1) is 5.97 Å². The van der Waals surface area contributed by atoms with Gasteiger partial charge >= 0.3 is 6.09 Å². The average molecular weight is 292 g/mol. The number of benzene rings is 1. The monoisotopic (exact) mass is 292 g/mol. The van der Waals surface area contributed by atoms with Gasteiger partial charge in [0.25, 0.3) is 0 Å². The summed E-state index contributed by atoms with van der Waals surface area (Å²) < 4.78 is 4.95. The molecule has 21 heavy (non-hydrogen) atoms. The Morgan fingerprint density at radius 3 is 2.33 bits per heavy atom. The van der Waals surface area contributed by atoms with E-state index in [9.17, 15) is 14.7 Å². The number of carbonyl (C=O) groups is 2. The molecule has 1 amide bonds. The number of hydrogen-bond donors (Lipinski definition) is 2. The smallest absolute Gasteiger partial charge is 0.409 e. The Morgan fingerprint density at radius 1 is 1.29 bits per heavy atom. The van der Waals surface area contributed by atoms with Crippen LogP contribution in [0.5, 0.6) is 0 Å². The molecule has 0 aromatic heterocycles. The fraction of sp³-hybridized carbons (Fsp3) is 0.357. The number of carboxylic acids is 1. The van der Waals surface area contributed by atoms with Gasteiger partial charge in [-0.05, 0) is 20.8 Å². The number of amidine groups is 1. The largest absolute Gasteiger partial charge is 0.546 e. The van der Waals surface area contributed by atoms with Gasteiger partial charge in [-0.25, -0.2) is 9.79 Å². The zero-order chi connectivity index (χ0) is 16.0. The van der Waals surface area contributed by atoms with E-state index in [1.165, 1.54) is 0 Å². The molecule has 0 saturated carbocycles. The third-order valence-corrected chi connectivity index (χ3v) is 2.21. The minimum atomic E-state index is -1.62. The van der Waals surface area contributed by atoms with Crippen molar-refractivity contribution >= 4 is 17.9 Å². The lowest BCUT2D eigenvalue weighted by molar-refractivity contribution is -0.308. The van der Waals surface area contributed by atoms with Gasteiger partial charge in [-0.1, -0.05) is 30.3 Å². The molecule has 1 aromatic carbocycles. The number of hydrogen-bond acceptors (Lipinski definition) is 5. The van der Waals surface area contributed by atoms with Crippen LogP contribution in [0.15, 0.2) is 35.3 Å². The van der Waals surface area contributed by atoms with Crippen LogP contribution in [0, 0.1) is 0 Å². The number of aliphatic carboxylic acids is 1. The molecule has 0 saturated heterocycles. The maximum Gasteiger partial charge on any atom is 0.409 e. The van der Waals surface area contributed by atoms with E-state index >= 15 is 0 Å². The lowest BCUT2D eigenvalue weighted by Crippen LogP contribution is -2.49. The maximum absolute atomic E-state index is 11.6. The van der Waals surface area contributed by atoms with Crippen molar-refractivity contribution in [3.05, 3.63) is 35.9 Å². The number of nitrogens with one attached hydrogen (secondary N) is 1. The summed E-state index contributed by atoms with van der Waals surface area (Å²) in [6.07, 6.45) is -2.54. The Labute approximate surface area is 122 Å². The Morgan fingerprint density at radius 2 is 1.86 bits per heavy atom. The number of alkyl carbamates (subject to hydrolysis) is 1. The van der Waals surface area contributed by atoms with Crippen molar-refractivity contribution in [3.63, 3.8) is 0 Å². The zero-order valence-electron chi connectivity index (χ0n) is 12.1. The van der Waals surface area contributed by atoms with Crippen LogP contribution in [0.2, 0.25) is 0 Å². The van der Waals surface area contributed by atoms with Crippen LogP contribution in [0.25, 0.3) is 0 Å². The summed E-state index contributed by atoms with van der Waals surface area (Å²) in [5, 5.41) is 13.1. The number of aliphatic imine (C=N–C) groups is 1. The van der Waals surface area contributed by atoms with Crippen LogP contribution < -0.4 is 16.2 Å². The molecular formula is C14H18N3O4-. The second-order valence-corrected chi connectivity index (χ2v) is 5.25. The quantitative estimate of drug-likeness (QED) is 0.598. The van der Waals surface area contributed by atoms with E-state index in [1.807, 2.05) is 0 Å². The second-order valence-electron chi connectivity index (χ2n) is 5.25. The second kappa shape index (κ2) is 6.74. The van der Waals surface area contributed by atoms with E-state index in [0.29, 0.717) is 5.56 Å². The fourth-order valence-electron chi connectivity index (χ4n) is 1.39. The van der Waals surface area contributed by atoms with E-state index in [-0.39, 0.29) is 5.84 Å². The van der Waals surface area contributed by atoms with Gasteiger partial charge in [0.1, 0.15) is 11.4 Å². The summed E-state index contributed by atoms with van der Waals surface area (Å²) in [6.45, 7) is 4.96. The van der Waals surface area contributed by atoms with Crippen LogP contribution in [-0.2, 0) is 9.53 Å². The first kappa shape index (κ1) is 16.5. The lowest BCUT2D eigenvalue weighted by Gasteiger charge is -2.22. The van der Waals surface area contributed by atoms with Gasteiger partial charge in [0.2, 0.25) is 0 Å². The molecule has 1 rings (SSSR count). The summed E-state index contributed by atoms with van der Waals surface area (Å²) in [6, 6.07) is 8.57. The predicted octanol–water partition coefficient (Wildman–Crippen LogP) is -0.00740. The number of rotatable bonds is 4. The van der Waals surface area contributed by atoms with E-state index in [2.05, 4.69) is 10.3 Å². The Kier molecular flexibility index (Phi) is 5.29. The third-order valence-electron chi connectivity index (χ3n) is 2.21. The summed E-state index contributed by atoms with van der Waals surface area (Å²) in [5.41, 5.74) is 5.49. The minimum Gasteiger partial charge on any atom is -0.546 e. The molecule has 0 aliphatic rings. The van der Waals surface area contributed by atoms with Crippen molar-refractivity contribution in [3.8, 4) is 0 Å². The first-order valence-corrected chi connectivity index (χ1v) is 6.28. The van der Waals surface area contributed by atoms with Crippen LogP contribution >= 0.6 is 0 Å². The highest BCUT2D eigenvalue weighted by atomic mass is 16.6. The highest BCUT2D eigenvalue weighted by molar-refractivity contribution is 5.98. The van der Waals surface area contributed by atoms with Gasteiger partial charge in [-0.2, -0.15) is 0 Å². The molecular weight excluding hydrogens is 274 g/mol. The molecule has 0 bridgehead atoms. The Hall–Kier alpha value is -2.57. The van der Waals surface area contributed by atoms with E-state index in [4.69, 9.17) is 10.5 Å². The zero-order valence-corrected chi connectivity index (χ0v) is 12.1. The molecule has 0 radical (unpaired) electrons. The number of carbonyl (C=O) groups excluding carboxylic acids is 2. The lowest BCUT2D eigenvalue weighted by atomic mass is 10.2. The van der Waals surface area contributed by atoms with Crippen molar-refractivity contribution in [2.24, 2.45) is 10.7 Å². The van der Waals surface area contributed by atoms with Gasteiger partial charge in [-0.15, -0.1) is 0 Å². The van der Waals surface area contributed by atoms with Crippen LogP contribution in [0.4, 0.5) is 4.79 Å². The predicted molar refractivity (Wildman–Crippen MR) is 75.3 cm³/mol. The van der Waals surface area contributed by atoms with Crippen molar-refractivity contribution in [2.75, 3.05) is 0 Å². The molecule has 1 unspecified atom stereocenters. The first-order valence-electron chi connectivity index (χ1n) is 6.28. The van der Waals surface area contributed by atoms with Crippen LogP contribution in [-0.4, -0.2) is 29.7 Å². The number of nitrogens with zero attached hydrogens (tertiary/aromatic N) is 1. The van der Waals surface area contributed by atoms with Gasteiger partial charge < -0.3 is 20.4 Å². The SMILES string of the molecule is CC(C)(C)OC(=O)NC(N=C(N)c1ccccc1)C(=O)[O-]. The molecule has 1 aromatic rings. The number of amides is 1. The number of ether oxygens (including phenoxy) is 1. The fourth-order valence-corrected chi connectivity index (χ4v) is 1.39. The average Bonchev–Trinajstić information content (AvgIpc) is 2.36. The molecule has 0 aliphatic carbocycles. The van der Waals surface area contributed by atoms with Crippen molar-refractivity contribution in [2.45, 2.75) is 32.5 Å². The third kappa shape index (κ3) is 5.94. The van der Waals surface area contributed by atoms with Crippen molar-refractivity contribution < 1.29 is 19.4 Å². The first-order chi connectivity index (χ1) is 9.69. The minimum absolute atomic E-state index is 0.0270. The van der Waals surface area contributed by atoms with Crippen LogP contribution in [0.3, 0.4) is 0 Å². The normalized spacial score (nSPS) is 13.4.